The summed E-state index contributed by atoms with van der Waals surface area (Å²) in [6.07, 6.45) is -8.19. The number of nitrogens with zero attached hydrogens (tertiary/aromatic N) is 3. The van der Waals surface area contributed by atoms with Crippen LogP contribution in [0, 0.1) is 11.8 Å². The number of ether oxygens (including phenoxy) is 1. The van der Waals surface area contributed by atoms with E-state index in [2.05, 4.69) is 9.80 Å². The smallest absolute Gasteiger partial charge is 0.335 e. The molecule has 7 atom stereocenters. The molecule has 2 saturated heterocycles. The van der Waals surface area contributed by atoms with Crippen LogP contribution in [0.3, 0.4) is 0 Å². The zero-order valence-electron chi connectivity index (χ0n) is 24.0. The van der Waals surface area contributed by atoms with Crippen LogP contribution in [0.25, 0.3) is 0 Å². The maximum atomic E-state index is 13.9. The number of halogens is 1. The van der Waals surface area contributed by atoms with E-state index in [-0.39, 0.29) is 25.5 Å². The van der Waals surface area contributed by atoms with Gasteiger partial charge < -0.3 is 40.3 Å². The number of fused-ring (bicyclic) bond motifs is 1. The molecule has 15 heteroatoms. The number of aliphatic hydroxyl groups is 4. The van der Waals surface area contributed by atoms with Gasteiger partial charge in [-0.1, -0.05) is 12.1 Å². The molecule has 1 aromatic rings. The standard InChI is InChI=1S/C24H34FN3O5.C4H6O6/c1-15(2)33-22-6-4-3-5-20(22)27-9-7-26(8-10-27)13-16(29)14-28-23(31)17-11-19(25)21(30)12-18(17)24(28)32;5-1(3(7)8)2(6)4(9)10/h3-6,15-19,21,29-30H,7-14H2,1-2H3;1-2,5-6H,(H,7,8)(H,9,10). The topological polar surface area (TPSA) is 209 Å². The molecule has 0 radical (unpaired) electrons. The molecule has 240 valence electrons. The highest BCUT2D eigenvalue weighted by molar-refractivity contribution is 6.05. The van der Waals surface area contributed by atoms with Crippen LogP contribution < -0.4 is 9.64 Å². The molecule has 2 amide bonds. The van der Waals surface area contributed by atoms with Crippen molar-refractivity contribution in [3.8, 4) is 5.75 Å². The third-order valence-electron chi connectivity index (χ3n) is 7.65. The van der Waals surface area contributed by atoms with Crippen molar-refractivity contribution in [1.82, 2.24) is 9.80 Å². The van der Waals surface area contributed by atoms with Gasteiger partial charge in [0.15, 0.2) is 12.2 Å². The second-order valence-electron chi connectivity index (χ2n) is 11.2. The highest BCUT2D eigenvalue weighted by Crippen LogP contribution is 2.39. The van der Waals surface area contributed by atoms with E-state index in [1.165, 1.54) is 0 Å². The number of hydrogen-bond donors (Lipinski definition) is 6. The van der Waals surface area contributed by atoms with Gasteiger partial charge in [-0.05, 0) is 38.8 Å². The van der Waals surface area contributed by atoms with Gasteiger partial charge >= 0.3 is 11.9 Å². The Kier molecular flexibility index (Phi) is 11.8. The number of alkyl halides is 1. The molecule has 2 aliphatic heterocycles. The van der Waals surface area contributed by atoms with E-state index >= 15 is 0 Å². The zero-order chi connectivity index (χ0) is 32.0. The lowest BCUT2D eigenvalue weighted by molar-refractivity contribution is -0.165. The van der Waals surface area contributed by atoms with Crippen LogP contribution in [0.4, 0.5) is 10.1 Å². The van der Waals surface area contributed by atoms with E-state index in [0.717, 1.165) is 42.5 Å². The summed E-state index contributed by atoms with van der Waals surface area (Å²) in [7, 11) is 0. The first-order chi connectivity index (χ1) is 20.2. The first-order valence-corrected chi connectivity index (χ1v) is 14.1. The summed E-state index contributed by atoms with van der Waals surface area (Å²) in [4.78, 5) is 50.3. The molecule has 1 aliphatic carbocycles. The Morgan fingerprint density at radius 3 is 1.98 bits per heavy atom. The van der Waals surface area contributed by atoms with Gasteiger partial charge in [-0.25, -0.2) is 14.0 Å². The van der Waals surface area contributed by atoms with Crippen molar-refractivity contribution in [3.05, 3.63) is 24.3 Å². The first-order valence-electron chi connectivity index (χ1n) is 14.1. The van der Waals surface area contributed by atoms with E-state index in [0.29, 0.717) is 6.54 Å². The van der Waals surface area contributed by atoms with Crippen molar-refractivity contribution < 1.29 is 58.9 Å². The van der Waals surface area contributed by atoms with Crippen LogP contribution in [0.2, 0.25) is 0 Å². The van der Waals surface area contributed by atoms with Gasteiger partial charge in [0.25, 0.3) is 0 Å². The van der Waals surface area contributed by atoms with Crippen molar-refractivity contribution in [1.29, 1.82) is 0 Å². The molecule has 0 bridgehead atoms. The average Bonchev–Trinajstić information content (AvgIpc) is 3.17. The number of likely N-dealkylation sites (tertiary alicyclic amines) is 1. The van der Waals surface area contributed by atoms with Crippen LogP contribution in [-0.2, 0) is 19.2 Å². The summed E-state index contributed by atoms with van der Waals surface area (Å²) in [6.45, 7) is 7.25. The van der Waals surface area contributed by atoms with Crippen LogP contribution in [0.15, 0.2) is 24.3 Å². The normalized spacial score (nSPS) is 26.3. The number of carbonyl (C=O) groups is 4. The number of carboxylic acid groups (broad SMARTS) is 2. The molecule has 1 saturated carbocycles. The van der Waals surface area contributed by atoms with E-state index in [1.807, 2.05) is 38.1 Å². The fourth-order valence-corrected chi connectivity index (χ4v) is 5.45. The van der Waals surface area contributed by atoms with Gasteiger partial charge in [0.05, 0.1) is 42.4 Å². The van der Waals surface area contributed by atoms with Gasteiger partial charge in [-0.2, -0.15) is 0 Å². The summed E-state index contributed by atoms with van der Waals surface area (Å²) in [5, 5.41) is 52.9. The van der Waals surface area contributed by atoms with Crippen LogP contribution >= 0.6 is 0 Å². The summed E-state index contributed by atoms with van der Waals surface area (Å²) in [6, 6.07) is 7.96. The molecule has 6 N–H and O–H groups in total. The molecule has 3 aliphatic rings. The molecule has 0 aromatic heterocycles. The molecule has 43 heavy (non-hydrogen) atoms. The molecular weight excluding hydrogens is 573 g/mol. The third-order valence-corrected chi connectivity index (χ3v) is 7.65. The number of anilines is 1. The Morgan fingerprint density at radius 1 is 0.907 bits per heavy atom. The van der Waals surface area contributed by atoms with E-state index < -0.39 is 66.2 Å². The van der Waals surface area contributed by atoms with Gasteiger partial charge in [0.1, 0.15) is 11.9 Å². The molecule has 4 rings (SSSR count). The number of hydrogen-bond acceptors (Lipinski definition) is 11. The van der Waals surface area contributed by atoms with Gasteiger partial charge in [-0.15, -0.1) is 0 Å². The summed E-state index contributed by atoms with van der Waals surface area (Å²) in [5.74, 6) is -4.91. The number of carbonyl (C=O) groups excluding carboxylic acids is 2. The van der Waals surface area contributed by atoms with Gasteiger partial charge in [0, 0.05) is 32.7 Å². The van der Waals surface area contributed by atoms with Crippen molar-refractivity contribution in [2.45, 2.75) is 63.4 Å². The van der Waals surface area contributed by atoms with Crippen LogP contribution in [0.1, 0.15) is 26.7 Å². The quantitative estimate of drug-likeness (QED) is 0.174. The Hall–Kier alpha value is -3.37. The van der Waals surface area contributed by atoms with Crippen molar-refractivity contribution in [2.75, 3.05) is 44.2 Å². The maximum Gasteiger partial charge on any atom is 0.335 e. The lowest BCUT2D eigenvalue weighted by atomic mass is 9.78. The molecular formula is C28H40FN3O11. The highest BCUT2D eigenvalue weighted by Gasteiger charge is 2.53. The number of para-hydroxylation sites is 2. The maximum absolute atomic E-state index is 13.9. The largest absolute Gasteiger partial charge is 0.489 e. The third kappa shape index (κ3) is 8.60. The summed E-state index contributed by atoms with van der Waals surface area (Å²) >= 11 is 0. The Labute approximate surface area is 247 Å². The van der Waals surface area contributed by atoms with Crippen molar-refractivity contribution in [3.63, 3.8) is 0 Å². The minimum Gasteiger partial charge on any atom is -0.489 e. The number of benzene rings is 1. The zero-order valence-corrected chi connectivity index (χ0v) is 24.0. The van der Waals surface area contributed by atoms with Crippen molar-refractivity contribution >= 4 is 29.4 Å². The second kappa shape index (κ2) is 14.9. The van der Waals surface area contributed by atoms with Gasteiger partial charge in [0.2, 0.25) is 11.8 Å². The number of amides is 2. The monoisotopic (exact) mass is 613 g/mol. The molecule has 2 heterocycles. The summed E-state index contributed by atoms with van der Waals surface area (Å²) < 4.78 is 19.8. The lowest BCUT2D eigenvalue weighted by Crippen LogP contribution is -2.50. The first kappa shape index (κ1) is 34.1. The predicted molar refractivity (Wildman–Crippen MR) is 148 cm³/mol. The predicted octanol–water partition coefficient (Wildman–Crippen LogP) is -1.07. The minimum atomic E-state index is -2.27. The average molecular weight is 614 g/mol. The molecule has 1 aromatic carbocycles. The summed E-state index contributed by atoms with van der Waals surface area (Å²) in [5.41, 5.74) is 1.05. The number of imide groups is 1. The van der Waals surface area contributed by atoms with Crippen LogP contribution in [0.5, 0.6) is 5.75 Å². The highest BCUT2D eigenvalue weighted by atomic mass is 19.1. The van der Waals surface area contributed by atoms with E-state index in [1.54, 1.807) is 0 Å². The fourth-order valence-electron chi connectivity index (χ4n) is 5.45. The Bertz CT molecular complexity index is 1100. The van der Waals surface area contributed by atoms with E-state index in [9.17, 15) is 33.8 Å². The van der Waals surface area contributed by atoms with E-state index in [4.69, 9.17) is 25.2 Å². The molecule has 14 nitrogen and oxygen atoms in total. The SMILES string of the molecule is CC(C)Oc1ccccc1N1CCN(CC(O)CN2C(=O)C3CC(O)C(F)CC3C2=O)CC1.O=C(O)C(O)C(O)C(=O)O. The minimum absolute atomic E-state index is 0.0348. The molecule has 3 fully saturated rings. The second-order valence-corrected chi connectivity index (χ2v) is 11.2. The fraction of sp³-hybridized carbons (Fsp3) is 0.643. The number of carboxylic acids is 2. The van der Waals surface area contributed by atoms with Crippen molar-refractivity contribution in [2.24, 2.45) is 11.8 Å². The molecule has 7 unspecified atom stereocenters. The van der Waals surface area contributed by atoms with Gasteiger partial charge in [-0.3, -0.25) is 19.4 Å². The van der Waals surface area contributed by atoms with Crippen LogP contribution in [-0.4, -0.2) is 140 Å². The lowest BCUT2D eigenvalue weighted by Gasteiger charge is -2.37. The number of aliphatic hydroxyl groups excluding tert-OH is 4. The molecule has 0 spiro atoms. The number of piperazine rings is 1. The number of rotatable bonds is 10. The number of aliphatic carboxylic acids is 2. The Balaban J connectivity index is 0.000000436. The number of β-amino-alcohol motifs (C(OH)–C–C–N with tert-alkyl or cyclic N) is 1. The Morgan fingerprint density at radius 2 is 1.44 bits per heavy atom.